The summed E-state index contributed by atoms with van der Waals surface area (Å²) in [6.07, 6.45) is 3.98. The van der Waals surface area contributed by atoms with Gasteiger partial charge in [0.25, 0.3) is 4.92 Å². The van der Waals surface area contributed by atoms with E-state index in [1.165, 1.54) is 21.1 Å². The van der Waals surface area contributed by atoms with Gasteiger partial charge in [0.05, 0.1) is 23.3 Å². The van der Waals surface area contributed by atoms with Gasteiger partial charge in [-0.3, -0.25) is 8.97 Å². The highest BCUT2D eigenvalue weighted by molar-refractivity contribution is 5.63. The Morgan fingerprint density at radius 3 is 2.65 bits per heavy atom. The van der Waals surface area contributed by atoms with Crippen LogP contribution < -0.4 is 5.69 Å². The summed E-state index contributed by atoms with van der Waals surface area (Å²) in [4.78, 5) is 27.8. The second kappa shape index (κ2) is 6.36. The Bertz CT molecular complexity index is 1020. The Hall–Kier alpha value is -3.04. The fourth-order valence-corrected chi connectivity index (χ4v) is 3.14. The molecule has 1 saturated heterocycles. The van der Waals surface area contributed by atoms with E-state index in [0.29, 0.717) is 29.7 Å². The molecule has 0 radical (unpaired) electrons. The zero-order valence-corrected chi connectivity index (χ0v) is 13.7. The number of rotatable bonds is 4. The van der Waals surface area contributed by atoms with E-state index in [-0.39, 0.29) is 29.0 Å². The van der Waals surface area contributed by atoms with Crippen LogP contribution in [-0.2, 0) is 4.74 Å². The van der Waals surface area contributed by atoms with Crippen molar-refractivity contribution in [1.29, 1.82) is 0 Å². The topological polar surface area (TPSA) is 109 Å². The molecule has 3 heterocycles. The first-order valence-corrected chi connectivity index (χ1v) is 8.20. The Kier molecular flexibility index (Phi) is 4.02. The lowest BCUT2D eigenvalue weighted by atomic mass is 10.1. The maximum absolute atomic E-state index is 12.8. The van der Waals surface area contributed by atoms with Crippen molar-refractivity contribution in [3.63, 3.8) is 0 Å². The summed E-state index contributed by atoms with van der Waals surface area (Å²) in [7, 11) is 0. The third-order valence-electron chi connectivity index (χ3n) is 4.53. The second-order valence-electron chi connectivity index (χ2n) is 6.15. The maximum atomic E-state index is 12.8. The van der Waals surface area contributed by atoms with Crippen LogP contribution in [0.5, 0.6) is 0 Å². The van der Waals surface area contributed by atoms with E-state index in [2.05, 4.69) is 4.98 Å². The van der Waals surface area contributed by atoms with Crippen LogP contribution in [-0.4, -0.2) is 41.9 Å². The first kappa shape index (κ1) is 16.4. The highest BCUT2D eigenvalue weighted by atomic mass is 16.6. The van der Waals surface area contributed by atoms with Crippen LogP contribution in [0.3, 0.4) is 0 Å². The number of aliphatic hydroxyl groups is 1. The SMILES string of the molecule is O=c1n([C@@H]2CC[C@H](CO)O2)ccc2nc(-c3ccc([N+](=O)O)cc3)cn12. The van der Waals surface area contributed by atoms with Crippen LogP contribution in [0.15, 0.2) is 47.5 Å². The summed E-state index contributed by atoms with van der Waals surface area (Å²) in [5.41, 5.74) is 1.61. The molecule has 1 fully saturated rings. The van der Waals surface area contributed by atoms with E-state index in [4.69, 9.17) is 9.94 Å². The Morgan fingerprint density at radius 2 is 2.00 bits per heavy atom. The molecule has 2 aromatic heterocycles. The van der Waals surface area contributed by atoms with Crippen molar-refractivity contribution in [2.75, 3.05) is 6.61 Å². The molecule has 2 N–H and O–H groups in total. The molecule has 0 spiro atoms. The number of aromatic nitrogens is 3. The molecular formula is C17H17N4O5+. The van der Waals surface area contributed by atoms with Gasteiger partial charge in [0, 0.05) is 30.1 Å². The average Bonchev–Trinajstić information content (AvgIpc) is 3.29. The van der Waals surface area contributed by atoms with Gasteiger partial charge in [-0.2, -0.15) is 0 Å². The highest BCUT2D eigenvalue weighted by Gasteiger charge is 2.27. The van der Waals surface area contributed by atoms with Gasteiger partial charge in [0.1, 0.15) is 11.9 Å². The monoisotopic (exact) mass is 357 g/mol. The van der Waals surface area contributed by atoms with E-state index < -0.39 is 6.23 Å². The summed E-state index contributed by atoms with van der Waals surface area (Å²) in [6.45, 7) is -0.0622. The quantitative estimate of drug-likeness (QED) is 0.687. The molecule has 0 unspecified atom stereocenters. The predicted molar refractivity (Wildman–Crippen MR) is 90.2 cm³/mol. The number of hydrogen-bond donors (Lipinski definition) is 2. The molecule has 3 aromatic rings. The van der Waals surface area contributed by atoms with Gasteiger partial charge in [-0.25, -0.2) is 15.0 Å². The first-order chi connectivity index (χ1) is 12.6. The van der Waals surface area contributed by atoms with Crippen molar-refractivity contribution in [1.82, 2.24) is 14.0 Å². The summed E-state index contributed by atoms with van der Waals surface area (Å²) in [5, 5.41) is 18.1. The molecule has 26 heavy (non-hydrogen) atoms. The van der Waals surface area contributed by atoms with Gasteiger partial charge < -0.3 is 9.84 Å². The third kappa shape index (κ3) is 2.76. The summed E-state index contributed by atoms with van der Waals surface area (Å²) >= 11 is 0. The number of ether oxygens (including phenoxy) is 1. The van der Waals surface area contributed by atoms with E-state index in [1.54, 1.807) is 30.6 Å². The lowest BCUT2D eigenvalue weighted by Crippen LogP contribution is -2.29. The van der Waals surface area contributed by atoms with Gasteiger partial charge >= 0.3 is 11.4 Å². The van der Waals surface area contributed by atoms with E-state index in [0.717, 1.165) is 0 Å². The van der Waals surface area contributed by atoms with Gasteiger partial charge in [-0.05, 0) is 31.0 Å². The van der Waals surface area contributed by atoms with Crippen molar-refractivity contribution >= 4 is 11.3 Å². The zero-order chi connectivity index (χ0) is 18.3. The van der Waals surface area contributed by atoms with Crippen LogP contribution >= 0.6 is 0 Å². The fraction of sp³-hybridized carbons (Fsp3) is 0.294. The highest BCUT2D eigenvalue weighted by Crippen LogP contribution is 2.27. The first-order valence-electron chi connectivity index (χ1n) is 8.20. The van der Waals surface area contributed by atoms with E-state index in [9.17, 15) is 14.8 Å². The molecule has 0 amide bonds. The fourth-order valence-electron chi connectivity index (χ4n) is 3.14. The van der Waals surface area contributed by atoms with Crippen LogP contribution in [0, 0.1) is 4.91 Å². The molecular weight excluding hydrogens is 340 g/mol. The van der Waals surface area contributed by atoms with Crippen molar-refractivity contribution < 1.29 is 20.0 Å². The largest absolute Gasteiger partial charge is 0.394 e. The number of aliphatic hydroxyl groups excluding tert-OH is 1. The molecule has 1 aliphatic heterocycles. The lowest BCUT2D eigenvalue weighted by molar-refractivity contribution is -0.729. The number of fused-ring (bicyclic) bond motifs is 1. The van der Waals surface area contributed by atoms with Crippen LogP contribution in [0.1, 0.15) is 19.1 Å². The van der Waals surface area contributed by atoms with Crippen LogP contribution in [0.4, 0.5) is 5.69 Å². The van der Waals surface area contributed by atoms with Crippen molar-refractivity contribution in [2.24, 2.45) is 0 Å². The third-order valence-corrected chi connectivity index (χ3v) is 4.53. The van der Waals surface area contributed by atoms with Crippen molar-refractivity contribution in [3.05, 3.63) is 58.1 Å². The molecule has 134 valence electrons. The van der Waals surface area contributed by atoms with Gasteiger partial charge in [0.15, 0.2) is 0 Å². The molecule has 2 atom stereocenters. The summed E-state index contributed by atoms with van der Waals surface area (Å²) in [5.74, 6) is 0. The number of nitrogens with zero attached hydrogens (tertiary/aromatic N) is 4. The minimum Gasteiger partial charge on any atom is -0.394 e. The van der Waals surface area contributed by atoms with Crippen molar-refractivity contribution in [2.45, 2.75) is 25.2 Å². The standard InChI is InChI=1S/C17H17N4O5/c22-10-13-5-6-16(26-13)19-8-7-15-18-14(9-20(15)17(19)23)11-1-3-12(4-2-11)21(24)25/h1-4,7-9,13,16,22H,5-6,10H2,(H,24,25)/q+1/t13-,16+/m1/s1. The molecule has 4 rings (SSSR count). The van der Waals surface area contributed by atoms with Crippen LogP contribution in [0.25, 0.3) is 16.9 Å². The van der Waals surface area contributed by atoms with Crippen molar-refractivity contribution in [3.8, 4) is 11.3 Å². The minimum atomic E-state index is -0.401. The zero-order valence-electron chi connectivity index (χ0n) is 13.7. The van der Waals surface area contributed by atoms with Gasteiger partial charge in [-0.1, -0.05) is 0 Å². The van der Waals surface area contributed by atoms with Gasteiger partial charge in [-0.15, -0.1) is 0 Å². The number of hydrogen-bond acceptors (Lipinski definition) is 5. The second-order valence-corrected chi connectivity index (χ2v) is 6.15. The molecule has 0 saturated carbocycles. The summed E-state index contributed by atoms with van der Waals surface area (Å²) < 4.78 is 8.61. The van der Waals surface area contributed by atoms with E-state index >= 15 is 0 Å². The Labute approximate surface area is 147 Å². The molecule has 9 heteroatoms. The lowest BCUT2D eigenvalue weighted by Gasteiger charge is -2.14. The predicted octanol–water partition coefficient (Wildman–Crippen LogP) is 1.63. The minimum absolute atomic E-state index is 0.0622. The normalized spacial score (nSPS) is 19.9. The molecule has 0 bridgehead atoms. The Morgan fingerprint density at radius 1 is 1.23 bits per heavy atom. The number of benzene rings is 1. The summed E-state index contributed by atoms with van der Waals surface area (Å²) in [6, 6.07) is 7.94. The van der Waals surface area contributed by atoms with E-state index in [1.807, 2.05) is 0 Å². The number of imidazole rings is 1. The Balaban J connectivity index is 1.70. The smallest absolute Gasteiger partial charge is 0.336 e. The molecule has 1 aromatic carbocycles. The van der Waals surface area contributed by atoms with Crippen LogP contribution in [0.2, 0.25) is 0 Å². The molecule has 1 aliphatic rings. The maximum Gasteiger partial charge on any atom is 0.336 e. The molecule has 9 nitrogen and oxygen atoms in total. The van der Waals surface area contributed by atoms with Gasteiger partial charge in [0.2, 0.25) is 0 Å². The molecule has 0 aliphatic carbocycles. The average molecular weight is 357 g/mol.